The molecule has 1 heterocycles. The molecule has 5 nitrogen and oxygen atoms in total. The molecule has 0 spiro atoms. The van der Waals surface area contributed by atoms with E-state index in [-0.39, 0.29) is 11.3 Å². The Bertz CT molecular complexity index is 872. The Hall–Kier alpha value is -1.67. The Kier molecular flexibility index (Phi) is 6.18. The Morgan fingerprint density at radius 1 is 1.19 bits per heavy atom. The molecule has 4 aliphatic carbocycles. The van der Waals surface area contributed by atoms with Gasteiger partial charge in [-0.05, 0) is 98.7 Å². The van der Waals surface area contributed by atoms with Crippen LogP contribution in [0.15, 0.2) is 12.4 Å². The smallest absolute Gasteiger partial charge is 0.138 e. The van der Waals surface area contributed by atoms with E-state index >= 15 is 0 Å². The van der Waals surface area contributed by atoms with Gasteiger partial charge in [-0.25, -0.2) is 0 Å². The number of Topliss-reactive ketones (excluding diaryl/α,β-unsaturated/α-hetero) is 1. The van der Waals surface area contributed by atoms with Gasteiger partial charge in [0.1, 0.15) is 11.9 Å². The maximum Gasteiger partial charge on any atom is 0.138 e. The first kappa shape index (κ1) is 22.1. The molecule has 32 heavy (non-hydrogen) atoms. The van der Waals surface area contributed by atoms with Gasteiger partial charge >= 0.3 is 0 Å². The van der Waals surface area contributed by atoms with E-state index in [9.17, 15) is 4.79 Å². The number of rotatable bonds is 6. The van der Waals surface area contributed by atoms with Crippen molar-refractivity contribution in [3.05, 3.63) is 18.0 Å². The molecule has 4 saturated carbocycles. The predicted molar refractivity (Wildman–Crippen MR) is 123 cm³/mol. The summed E-state index contributed by atoms with van der Waals surface area (Å²) in [6, 6.07) is 2.11. The second-order valence-corrected chi connectivity index (χ2v) is 11.6. The van der Waals surface area contributed by atoms with Gasteiger partial charge in [-0.1, -0.05) is 6.92 Å². The highest BCUT2D eigenvalue weighted by molar-refractivity contribution is 5.82. The fourth-order valence-corrected chi connectivity index (χ4v) is 8.81. The number of carbonyl (C=O) groups is 1. The lowest BCUT2D eigenvalue weighted by Crippen LogP contribution is -2.49. The number of nitrogens with zero attached hydrogens (tertiary/aromatic N) is 3. The lowest BCUT2D eigenvalue weighted by atomic mass is 9.49. The highest BCUT2D eigenvalue weighted by Gasteiger charge is 2.58. The third-order valence-electron chi connectivity index (χ3n) is 10.2. The summed E-state index contributed by atoms with van der Waals surface area (Å²) in [4.78, 5) is 13.3. The van der Waals surface area contributed by atoms with E-state index in [4.69, 9.17) is 10.00 Å². The number of methoxy groups -OCH3 is 1. The normalized spacial score (nSPS) is 40.7. The molecule has 4 aliphatic rings. The molecule has 5 rings (SSSR count). The molecule has 174 valence electrons. The second-order valence-electron chi connectivity index (χ2n) is 11.6. The van der Waals surface area contributed by atoms with Gasteiger partial charge in [-0.15, -0.1) is 0 Å². The van der Waals surface area contributed by atoms with Crippen molar-refractivity contribution < 1.29 is 9.53 Å². The average Bonchev–Trinajstić information content (AvgIpc) is 3.41. The third kappa shape index (κ3) is 3.83. The topological polar surface area (TPSA) is 67.9 Å². The zero-order valence-electron chi connectivity index (χ0n) is 19.8. The summed E-state index contributed by atoms with van der Waals surface area (Å²) in [5.41, 5.74) is 0.760. The van der Waals surface area contributed by atoms with Crippen LogP contribution < -0.4 is 0 Å². The minimum Gasteiger partial charge on any atom is -0.384 e. The number of carbonyl (C=O) groups excluding carboxylic acids is 1. The molecule has 0 radical (unpaired) electrons. The van der Waals surface area contributed by atoms with Gasteiger partial charge < -0.3 is 4.74 Å². The standard InChI is InChI=1S/C27H39N3O2/c1-27-11-9-22-21-5-3-18(17-32-2)13-20(21)4-6-23(22)24(27)7-8-25(27)26(31)10-12-30-16-19(14-28)15-29-30/h15-16,18,20-25H,3-13,17H2,1-2H3/t18-,20+,21-,22?,23+,24?,25+,27-/m0/s1. The van der Waals surface area contributed by atoms with Crippen LogP contribution in [0.4, 0.5) is 0 Å². The van der Waals surface area contributed by atoms with Gasteiger partial charge in [0.15, 0.2) is 0 Å². The molecule has 0 aromatic carbocycles. The molecule has 1 aromatic rings. The monoisotopic (exact) mass is 437 g/mol. The predicted octanol–water partition coefficient (Wildman–Crippen LogP) is 5.25. The van der Waals surface area contributed by atoms with Crippen LogP contribution in [-0.2, 0) is 16.1 Å². The first-order valence-corrected chi connectivity index (χ1v) is 13.0. The van der Waals surface area contributed by atoms with E-state index in [0.717, 1.165) is 48.5 Å². The number of nitriles is 1. The summed E-state index contributed by atoms with van der Waals surface area (Å²) in [7, 11) is 1.85. The van der Waals surface area contributed by atoms with Gasteiger partial charge in [-0.3, -0.25) is 9.48 Å². The molecular formula is C27H39N3O2. The second kappa shape index (κ2) is 8.93. The van der Waals surface area contributed by atoms with Gasteiger partial charge in [0.2, 0.25) is 0 Å². The van der Waals surface area contributed by atoms with E-state index in [2.05, 4.69) is 18.1 Å². The molecule has 1 aromatic heterocycles. The minimum atomic E-state index is 0.195. The Labute approximate surface area is 192 Å². The summed E-state index contributed by atoms with van der Waals surface area (Å²) >= 11 is 0. The summed E-state index contributed by atoms with van der Waals surface area (Å²) in [5.74, 6) is 5.75. The lowest BCUT2D eigenvalue weighted by Gasteiger charge is -2.56. The summed E-state index contributed by atoms with van der Waals surface area (Å²) in [5, 5.41) is 13.2. The van der Waals surface area contributed by atoms with E-state index in [0.29, 0.717) is 24.3 Å². The van der Waals surface area contributed by atoms with Crippen LogP contribution >= 0.6 is 0 Å². The van der Waals surface area contributed by atoms with E-state index < -0.39 is 0 Å². The molecule has 0 amide bonds. The van der Waals surface area contributed by atoms with E-state index in [1.807, 2.05) is 7.11 Å². The van der Waals surface area contributed by atoms with Gasteiger partial charge in [0.05, 0.1) is 11.8 Å². The number of aryl methyl sites for hydroxylation is 1. The maximum absolute atomic E-state index is 13.3. The van der Waals surface area contributed by atoms with Crippen molar-refractivity contribution in [2.45, 2.75) is 77.7 Å². The lowest BCUT2D eigenvalue weighted by molar-refractivity contribution is -0.130. The van der Waals surface area contributed by atoms with E-state index in [1.54, 1.807) is 17.1 Å². The molecule has 4 fully saturated rings. The summed E-state index contributed by atoms with van der Waals surface area (Å²) in [6.07, 6.45) is 15.7. The first-order chi connectivity index (χ1) is 15.5. The van der Waals surface area contributed by atoms with E-state index in [1.165, 1.54) is 51.4 Å². The fraction of sp³-hybridized carbons (Fsp3) is 0.815. The fourth-order valence-electron chi connectivity index (χ4n) is 8.81. The van der Waals surface area contributed by atoms with Crippen LogP contribution in [0, 0.1) is 58.2 Å². The van der Waals surface area contributed by atoms with Crippen LogP contribution in [0.2, 0.25) is 0 Å². The first-order valence-electron chi connectivity index (χ1n) is 13.0. The zero-order chi connectivity index (χ0) is 22.3. The van der Waals surface area contributed by atoms with Crippen molar-refractivity contribution in [2.75, 3.05) is 13.7 Å². The van der Waals surface area contributed by atoms with Crippen molar-refractivity contribution >= 4 is 5.78 Å². The van der Waals surface area contributed by atoms with Gasteiger partial charge in [0.25, 0.3) is 0 Å². The number of fused-ring (bicyclic) bond motifs is 5. The van der Waals surface area contributed by atoms with Crippen LogP contribution in [0.1, 0.15) is 76.7 Å². The van der Waals surface area contributed by atoms with Crippen LogP contribution in [-0.4, -0.2) is 29.3 Å². The Morgan fingerprint density at radius 3 is 2.81 bits per heavy atom. The maximum atomic E-state index is 13.3. The number of aromatic nitrogens is 2. The molecule has 0 saturated heterocycles. The minimum absolute atomic E-state index is 0.195. The molecule has 5 heteroatoms. The van der Waals surface area contributed by atoms with Crippen molar-refractivity contribution in [3.8, 4) is 6.07 Å². The Balaban J connectivity index is 1.23. The van der Waals surface area contributed by atoms with Crippen LogP contribution in [0.3, 0.4) is 0 Å². The largest absolute Gasteiger partial charge is 0.384 e. The van der Waals surface area contributed by atoms with Gasteiger partial charge in [0, 0.05) is 38.8 Å². The quantitative estimate of drug-likeness (QED) is 0.610. The SMILES string of the molecule is COC[C@H]1CC[C@@H]2C3CC[C@@]4(C)C(CC[C@@H]4C(=O)CCn4cc(C#N)cn4)[C@@H]3CC[C@@H]2C1. The highest BCUT2D eigenvalue weighted by atomic mass is 16.5. The van der Waals surface area contributed by atoms with Crippen molar-refractivity contribution in [2.24, 2.45) is 46.8 Å². The Morgan fingerprint density at radius 2 is 2.03 bits per heavy atom. The number of hydrogen-bond acceptors (Lipinski definition) is 4. The zero-order valence-corrected chi connectivity index (χ0v) is 19.8. The number of ether oxygens (including phenoxy) is 1. The molecule has 0 bridgehead atoms. The molecule has 0 aliphatic heterocycles. The van der Waals surface area contributed by atoms with Crippen LogP contribution in [0.25, 0.3) is 0 Å². The molecule has 0 N–H and O–H groups in total. The number of ketones is 1. The third-order valence-corrected chi connectivity index (χ3v) is 10.2. The summed E-state index contributed by atoms with van der Waals surface area (Å²) in [6.45, 7) is 3.99. The highest BCUT2D eigenvalue weighted by Crippen LogP contribution is 2.64. The van der Waals surface area contributed by atoms with Crippen molar-refractivity contribution in [1.82, 2.24) is 9.78 Å². The van der Waals surface area contributed by atoms with Crippen molar-refractivity contribution in [3.63, 3.8) is 0 Å². The molecular weight excluding hydrogens is 398 g/mol. The average molecular weight is 438 g/mol. The molecule has 2 unspecified atom stereocenters. The number of hydrogen-bond donors (Lipinski definition) is 0. The summed E-state index contributed by atoms with van der Waals surface area (Å²) < 4.78 is 7.23. The van der Waals surface area contributed by atoms with Crippen molar-refractivity contribution in [1.29, 1.82) is 5.26 Å². The van der Waals surface area contributed by atoms with Gasteiger partial charge in [-0.2, -0.15) is 10.4 Å². The molecule has 8 atom stereocenters. The van der Waals surface area contributed by atoms with Crippen LogP contribution in [0.5, 0.6) is 0 Å².